The van der Waals surface area contributed by atoms with Crippen LogP contribution >= 0.6 is 0 Å². The molecule has 0 saturated heterocycles. The monoisotopic (exact) mass is 296 g/mol. The number of carbonyl (C=O) groups excluding carboxylic acids is 1. The quantitative estimate of drug-likeness (QED) is 0.489. The number of carboxylic acid groups (broad SMARTS) is 1. The zero-order valence-electron chi connectivity index (χ0n) is 12.3. The molecule has 5 N–H and O–H groups in total. The molecule has 3 unspecified atom stereocenters. The van der Waals surface area contributed by atoms with Crippen molar-refractivity contribution in [1.29, 1.82) is 0 Å². The van der Waals surface area contributed by atoms with Gasteiger partial charge in [-0.2, -0.15) is 0 Å². The molecule has 0 heterocycles. The van der Waals surface area contributed by atoms with Gasteiger partial charge in [-0.25, -0.2) is 0 Å². The van der Waals surface area contributed by atoms with Crippen molar-refractivity contribution in [1.82, 2.24) is 5.32 Å². The zero-order valence-corrected chi connectivity index (χ0v) is 12.3. The second kappa shape index (κ2) is 7.95. The molecule has 0 radical (unpaired) electrons. The molecule has 0 bridgehead atoms. The summed E-state index contributed by atoms with van der Waals surface area (Å²) in [6, 6.07) is -0.693. The largest absolute Gasteiger partial charge is 0.481 e. The third-order valence-corrected chi connectivity index (χ3v) is 3.72. The molecule has 118 valence electrons. The Morgan fingerprint density at radius 1 is 1.33 bits per heavy atom. The van der Waals surface area contributed by atoms with E-state index in [4.69, 9.17) is 5.73 Å². The Morgan fingerprint density at radius 2 is 2.05 bits per heavy atom. The molecule has 1 aliphatic carbocycles. The van der Waals surface area contributed by atoms with E-state index in [0.29, 0.717) is 13.0 Å². The lowest BCUT2D eigenvalue weighted by Gasteiger charge is -2.36. The van der Waals surface area contributed by atoms with Crippen LogP contribution in [0.4, 0.5) is 0 Å². The number of hydrogen-bond donors (Lipinski definition) is 4. The molecular weight excluding hydrogens is 272 g/mol. The van der Waals surface area contributed by atoms with E-state index in [1.165, 1.54) is 12.2 Å². The highest BCUT2D eigenvalue weighted by molar-refractivity contribution is 5.78. The summed E-state index contributed by atoms with van der Waals surface area (Å²) in [5.41, 5.74) is 3.76. The van der Waals surface area contributed by atoms with E-state index in [-0.39, 0.29) is 5.91 Å². The lowest BCUT2D eigenvalue weighted by Crippen LogP contribution is -2.56. The van der Waals surface area contributed by atoms with Crippen molar-refractivity contribution in [2.45, 2.75) is 44.2 Å². The first-order chi connectivity index (χ1) is 9.91. The Labute approximate surface area is 124 Å². The van der Waals surface area contributed by atoms with Crippen LogP contribution in [-0.4, -0.2) is 40.3 Å². The average molecular weight is 296 g/mol. The normalized spacial score (nSPS) is 25.6. The number of nitrogens with one attached hydrogen (secondary N) is 1. The minimum Gasteiger partial charge on any atom is -0.481 e. The van der Waals surface area contributed by atoms with E-state index >= 15 is 0 Å². The van der Waals surface area contributed by atoms with E-state index in [1.807, 2.05) is 0 Å². The molecule has 0 spiro atoms. The lowest BCUT2D eigenvalue weighted by molar-refractivity contribution is -0.148. The predicted molar refractivity (Wildman–Crippen MR) is 79.5 cm³/mol. The summed E-state index contributed by atoms with van der Waals surface area (Å²) >= 11 is 0. The molecule has 6 heteroatoms. The molecule has 3 atom stereocenters. The van der Waals surface area contributed by atoms with Gasteiger partial charge in [0, 0.05) is 6.42 Å². The molecule has 1 amide bonds. The molecule has 0 aliphatic heterocycles. The zero-order chi connectivity index (χ0) is 15.9. The van der Waals surface area contributed by atoms with Crippen molar-refractivity contribution in [3.8, 4) is 0 Å². The summed E-state index contributed by atoms with van der Waals surface area (Å²) in [6.07, 6.45) is 8.84. The minimum absolute atomic E-state index is 0.194. The van der Waals surface area contributed by atoms with E-state index < -0.39 is 23.5 Å². The van der Waals surface area contributed by atoms with E-state index in [0.717, 1.165) is 19.3 Å². The molecule has 1 aliphatic rings. The summed E-state index contributed by atoms with van der Waals surface area (Å²) in [6.45, 7) is 2.21. The Hall–Kier alpha value is -1.66. The highest BCUT2D eigenvalue weighted by Gasteiger charge is 2.44. The third-order valence-electron chi connectivity index (χ3n) is 3.72. The lowest BCUT2D eigenvalue weighted by atomic mass is 9.78. The maximum atomic E-state index is 11.8. The molecule has 21 heavy (non-hydrogen) atoms. The van der Waals surface area contributed by atoms with Gasteiger partial charge in [0.2, 0.25) is 5.91 Å². The maximum absolute atomic E-state index is 11.8. The minimum atomic E-state index is -1.62. The molecule has 1 rings (SSSR count). The number of aliphatic carboxylic acids is 1. The first-order valence-corrected chi connectivity index (χ1v) is 7.22. The van der Waals surface area contributed by atoms with Crippen LogP contribution in [0, 0.1) is 5.92 Å². The molecule has 0 fully saturated rings. The van der Waals surface area contributed by atoms with Gasteiger partial charge in [0.15, 0.2) is 0 Å². The van der Waals surface area contributed by atoms with Gasteiger partial charge in [-0.05, 0) is 32.4 Å². The average Bonchev–Trinajstić information content (AvgIpc) is 2.43. The number of rotatable bonds is 8. The van der Waals surface area contributed by atoms with Crippen molar-refractivity contribution in [3.05, 3.63) is 24.3 Å². The van der Waals surface area contributed by atoms with E-state index in [9.17, 15) is 19.8 Å². The number of carbonyl (C=O) groups is 2. The topological polar surface area (TPSA) is 113 Å². The van der Waals surface area contributed by atoms with Crippen molar-refractivity contribution < 1.29 is 19.8 Å². The van der Waals surface area contributed by atoms with Crippen LogP contribution < -0.4 is 11.1 Å². The molecule has 6 nitrogen and oxygen atoms in total. The summed E-state index contributed by atoms with van der Waals surface area (Å²) in [7, 11) is 0. The number of aliphatic hydroxyl groups is 1. The molecular formula is C15H24N2O4. The van der Waals surface area contributed by atoms with Crippen LogP contribution in [0.15, 0.2) is 24.3 Å². The van der Waals surface area contributed by atoms with Gasteiger partial charge in [0.05, 0.1) is 6.04 Å². The van der Waals surface area contributed by atoms with Crippen molar-refractivity contribution in [2.24, 2.45) is 11.7 Å². The van der Waals surface area contributed by atoms with Crippen LogP contribution in [0.25, 0.3) is 0 Å². The third kappa shape index (κ3) is 4.68. The standard InChI is InChI=1S/C15H24N2O4/c1-11(17-13(18)8-3-2-6-10-16)15(21)9-5-4-7-12(15)14(19)20/h4-5,7,9,11-12,21H,2-3,6,8,10,16H2,1H3,(H,17,18)(H,19,20). The van der Waals surface area contributed by atoms with Gasteiger partial charge in [-0.1, -0.05) is 24.6 Å². The fourth-order valence-electron chi connectivity index (χ4n) is 2.37. The fraction of sp³-hybridized carbons (Fsp3) is 0.600. The van der Waals surface area contributed by atoms with Crippen LogP contribution in [-0.2, 0) is 9.59 Å². The Balaban J connectivity index is 2.58. The smallest absolute Gasteiger partial charge is 0.313 e. The Morgan fingerprint density at radius 3 is 2.67 bits per heavy atom. The van der Waals surface area contributed by atoms with E-state index in [2.05, 4.69) is 5.32 Å². The van der Waals surface area contributed by atoms with Gasteiger partial charge < -0.3 is 21.3 Å². The van der Waals surface area contributed by atoms with Gasteiger partial charge in [-0.15, -0.1) is 0 Å². The second-order valence-corrected chi connectivity index (χ2v) is 5.34. The van der Waals surface area contributed by atoms with Gasteiger partial charge >= 0.3 is 5.97 Å². The number of unbranched alkanes of at least 4 members (excludes halogenated alkanes) is 2. The maximum Gasteiger partial charge on any atom is 0.313 e. The van der Waals surface area contributed by atoms with E-state index in [1.54, 1.807) is 19.1 Å². The second-order valence-electron chi connectivity index (χ2n) is 5.34. The summed E-state index contributed by atoms with van der Waals surface area (Å²) in [5, 5.41) is 22.4. The summed E-state index contributed by atoms with van der Waals surface area (Å²) in [5.74, 6) is -2.39. The first kappa shape index (κ1) is 17.4. The Kier molecular flexibility index (Phi) is 6.58. The van der Waals surface area contributed by atoms with Crippen molar-refractivity contribution in [3.63, 3.8) is 0 Å². The highest BCUT2D eigenvalue weighted by Crippen LogP contribution is 2.28. The number of allylic oxidation sites excluding steroid dienone is 2. The summed E-state index contributed by atoms with van der Waals surface area (Å²) < 4.78 is 0. The molecule has 0 aromatic heterocycles. The van der Waals surface area contributed by atoms with Gasteiger partial charge in [-0.3, -0.25) is 9.59 Å². The number of carboxylic acids is 1. The van der Waals surface area contributed by atoms with Crippen LogP contribution in [0.1, 0.15) is 32.6 Å². The van der Waals surface area contributed by atoms with Crippen molar-refractivity contribution in [2.75, 3.05) is 6.54 Å². The van der Waals surface area contributed by atoms with Crippen LogP contribution in [0.2, 0.25) is 0 Å². The molecule has 0 aromatic carbocycles. The first-order valence-electron chi connectivity index (χ1n) is 7.22. The number of hydrogen-bond acceptors (Lipinski definition) is 4. The Bertz CT molecular complexity index is 433. The number of amides is 1. The number of nitrogens with two attached hydrogens (primary N) is 1. The predicted octanol–water partition coefficient (Wildman–Crippen LogP) is 0.568. The van der Waals surface area contributed by atoms with Crippen LogP contribution in [0.3, 0.4) is 0 Å². The van der Waals surface area contributed by atoms with Crippen molar-refractivity contribution >= 4 is 11.9 Å². The van der Waals surface area contributed by atoms with Gasteiger partial charge in [0.1, 0.15) is 11.5 Å². The molecule has 0 saturated carbocycles. The SMILES string of the molecule is CC(NC(=O)CCCCCN)C1(O)C=CC=CC1C(=O)O. The molecule has 0 aromatic rings. The van der Waals surface area contributed by atoms with Crippen LogP contribution in [0.5, 0.6) is 0 Å². The fourth-order valence-corrected chi connectivity index (χ4v) is 2.37. The van der Waals surface area contributed by atoms with Gasteiger partial charge in [0.25, 0.3) is 0 Å². The highest BCUT2D eigenvalue weighted by atomic mass is 16.4. The summed E-state index contributed by atoms with van der Waals surface area (Å²) in [4.78, 5) is 23.1.